The van der Waals surface area contributed by atoms with Gasteiger partial charge in [0.2, 0.25) is 11.9 Å². The molecule has 2 atom stereocenters. The number of carbonyl (C=O) groups is 1. The van der Waals surface area contributed by atoms with Crippen LogP contribution in [0.2, 0.25) is 0 Å². The van der Waals surface area contributed by atoms with Gasteiger partial charge in [-0.2, -0.15) is 0 Å². The van der Waals surface area contributed by atoms with Crippen LogP contribution < -0.4 is 20.1 Å². The fraction of sp³-hybridized carbons (Fsp3) is 0.200. The Hall–Kier alpha value is -3.88. The molecule has 1 aliphatic rings. The first kappa shape index (κ1) is 18.5. The summed E-state index contributed by atoms with van der Waals surface area (Å²) in [4.78, 5) is 13.3. The standard InChI is InChI=1S/C20H20N6O3/c1-12-16(19(27)22-13-8-5-4-6-9-13)17(26-20(21-12)23-24-25-26)14-10-7-11-15(28-2)18(14)29-3/h4-11,16-17H,1H2,2-3H3,(H,22,27)(H,21,23,25). The molecule has 0 saturated carbocycles. The van der Waals surface area contributed by atoms with Gasteiger partial charge >= 0.3 is 0 Å². The van der Waals surface area contributed by atoms with Gasteiger partial charge in [0.25, 0.3) is 0 Å². The van der Waals surface area contributed by atoms with Crippen molar-refractivity contribution >= 4 is 17.5 Å². The van der Waals surface area contributed by atoms with Gasteiger partial charge in [0.15, 0.2) is 11.5 Å². The topological polar surface area (TPSA) is 103 Å². The third kappa shape index (κ3) is 3.27. The molecule has 1 aromatic heterocycles. The van der Waals surface area contributed by atoms with Crippen LogP contribution in [0.5, 0.6) is 11.5 Å². The molecule has 1 amide bonds. The highest BCUT2D eigenvalue weighted by molar-refractivity contribution is 5.95. The highest BCUT2D eigenvalue weighted by Gasteiger charge is 2.41. The third-order valence-corrected chi connectivity index (χ3v) is 4.80. The van der Waals surface area contributed by atoms with Crippen molar-refractivity contribution in [2.75, 3.05) is 24.9 Å². The van der Waals surface area contributed by atoms with E-state index in [0.29, 0.717) is 34.4 Å². The van der Waals surface area contributed by atoms with Gasteiger partial charge in [-0.05, 0) is 28.6 Å². The maximum Gasteiger partial charge on any atom is 0.247 e. The van der Waals surface area contributed by atoms with Crippen LogP contribution in [0, 0.1) is 5.92 Å². The smallest absolute Gasteiger partial charge is 0.247 e. The number of hydrogen-bond donors (Lipinski definition) is 2. The van der Waals surface area contributed by atoms with Crippen molar-refractivity contribution < 1.29 is 14.3 Å². The monoisotopic (exact) mass is 392 g/mol. The lowest BCUT2D eigenvalue weighted by Gasteiger charge is -2.33. The maximum atomic E-state index is 13.3. The van der Waals surface area contributed by atoms with E-state index < -0.39 is 12.0 Å². The minimum atomic E-state index is -0.702. The fourth-order valence-corrected chi connectivity index (χ4v) is 3.52. The van der Waals surface area contributed by atoms with E-state index in [2.05, 4.69) is 32.7 Å². The van der Waals surface area contributed by atoms with E-state index in [1.165, 1.54) is 0 Å². The second-order valence-corrected chi connectivity index (χ2v) is 6.46. The summed E-state index contributed by atoms with van der Waals surface area (Å²) in [5.74, 6) is 0.505. The van der Waals surface area contributed by atoms with Crippen LogP contribution in [0.4, 0.5) is 11.6 Å². The van der Waals surface area contributed by atoms with E-state index in [4.69, 9.17) is 9.47 Å². The summed E-state index contributed by atoms with van der Waals surface area (Å²) in [6, 6.07) is 14.1. The quantitative estimate of drug-likeness (QED) is 0.687. The summed E-state index contributed by atoms with van der Waals surface area (Å²) >= 11 is 0. The first-order valence-corrected chi connectivity index (χ1v) is 8.94. The van der Waals surface area contributed by atoms with E-state index in [-0.39, 0.29) is 5.91 Å². The lowest BCUT2D eigenvalue weighted by molar-refractivity contribution is -0.119. The molecule has 0 bridgehead atoms. The van der Waals surface area contributed by atoms with Crippen LogP contribution in [-0.2, 0) is 4.79 Å². The SMILES string of the molecule is C=C1Nc2nnnn2C(c2cccc(OC)c2OC)C1C(=O)Nc1ccccc1. The molecule has 9 nitrogen and oxygen atoms in total. The van der Waals surface area contributed by atoms with Crippen LogP contribution in [0.3, 0.4) is 0 Å². The van der Waals surface area contributed by atoms with Gasteiger partial charge < -0.3 is 20.1 Å². The van der Waals surface area contributed by atoms with Gasteiger partial charge in [0.1, 0.15) is 12.0 Å². The van der Waals surface area contributed by atoms with Crippen LogP contribution >= 0.6 is 0 Å². The van der Waals surface area contributed by atoms with Gasteiger partial charge in [0, 0.05) is 16.9 Å². The van der Waals surface area contributed by atoms with Crippen molar-refractivity contribution in [1.82, 2.24) is 20.2 Å². The number of hydrogen-bond acceptors (Lipinski definition) is 7. The number of benzene rings is 2. The third-order valence-electron chi connectivity index (χ3n) is 4.80. The lowest BCUT2D eigenvalue weighted by Crippen LogP contribution is -2.39. The molecule has 2 unspecified atom stereocenters. The molecule has 29 heavy (non-hydrogen) atoms. The van der Waals surface area contributed by atoms with E-state index in [0.717, 1.165) is 0 Å². The van der Waals surface area contributed by atoms with Gasteiger partial charge in [-0.3, -0.25) is 4.79 Å². The van der Waals surface area contributed by atoms with Crippen LogP contribution in [-0.4, -0.2) is 40.3 Å². The number of nitrogens with one attached hydrogen (secondary N) is 2. The first-order chi connectivity index (χ1) is 14.1. The van der Waals surface area contributed by atoms with E-state index >= 15 is 0 Å². The molecule has 2 N–H and O–H groups in total. The number of tetrazole rings is 1. The zero-order chi connectivity index (χ0) is 20.4. The summed E-state index contributed by atoms with van der Waals surface area (Å²) in [6.45, 7) is 4.06. The number of fused-ring (bicyclic) bond motifs is 1. The molecule has 3 aromatic rings. The Morgan fingerprint density at radius 2 is 1.93 bits per heavy atom. The Morgan fingerprint density at radius 3 is 2.66 bits per heavy atom. The Bertz CT molecular complexity index is 1050. The number of amides is 1. The molecule has 4 rings (SSSR count). The molecular formula is C20H20N6O3. The van der Waals surface area contributed by atoms with E-state index in [1.54, 1.807) is 25.0 Å². The van der Waals surface area contributed by atoms with Gasteiger partial charge in [-0.15, -0.1) is 0 Å². The van der Waals surface area contributed by atoms with Crippen molar-refractivity contribution in [1.29, 1.82) is 0 Å². The molecule has 0 radical (unpaired) electrons. The second kappa shape index (κ2) is 7.63. The summed E-state index contributed by atoms with van der Waals surface area (Å²) in [5, 5.41) is 17.8. The molecule has 0 saturated heterocycles. The van der Waals surface area contributed by atoms with Crippen molar-refractivity contribution in [2.45, 2.75) is 6.04 Å². The molecule has 0 spiro atoms. The number of aromatic nitrogens is 4. The number of para-hydroxylation sites is 2. The fourth-order valence-electron chi connectivity index (χ4n) is 3.52. The molecule has 2 aromatic carbocycles. The number of nitrogens with zero attached hydrogens (tertiary/aromatic N) is 4. The Kier molecular flexibility index (Phi) is 4.86. The average molecular weight is 392 g/mol. The Labute approximate surface area is 167 Å². The molecule has 1 aliphatic heterocycles. The van der Waals surface area contributed by atoms with Gasteiger partial charge in [-0.1, -0.05) is 42.0 Å². The average Bonchev–Trinajstić information content (AvgIpc) is 3.20. The lowest BCUT2D eigenvalue weighted by atomic mass is 9.87. The second-order valence-electron chi connectivity index (χ2n) is 6.46. The van der Waals surface area contributed by atoms with Crippen molar-refractivity contribution in [2.24, 2.45) is 5.92 Å². The van der Waals surface area contributed by atoms with Crippen LogP contribution in [0.15, 0.2) is 60.8 Å². The van der Waals surface area contributed by atoms with Gasteiger partial charge in [0.05, 0.1) is 14.2 Å². The predicted octanol–water partition coefficient (Wildman–Crippen LogP) is 2.47. The van der Waals surface area contributed by atoms with Gasteiger partial charge in [-0.25, -0.2) is 4.68 Å². The number of anilines is 2. The summed E-state index contributed by atoms with van der Waals surface area (Å²) in [6.07, 6.45) is 0. The summed E-state index contributed by atoms with van der Waals surface area (Å²) in [5.41, 5.74) is 1.87. The number of methoxy groups -OCH3 is 2. The normalized spacial score (nSPS) is 17.8. The molecule has 2 heterocycles. The minimum Gasteiger partial charge on any atom is -0.493 e. The van der Waals surface area contributed by atoms with Crippen molar-refractivity contribution in [3.05, 3.63) is 66.4 Å². The first-order valence-electron chi connectivity index (χ1n) is 8.94. The zero-order valence-electron chi connectivity index (χ0n) is 16.0. The van der Waals surface area contributed by atoms with Crippen molar-refractivity contribution in [3.8, 4) is 11.5 Å². The molecule has 0 aliphatic carbocycles. The number of ether oxygens (including phenoxy) is 2. The van der Waals surface area contributed by atoms with Crippen LogP contribution in [0.1, 0.15) is 11.6 Å². The molecule has 148 valence electrons. The molecule has 9 heteroatoms. The maximum absolute atomic E-state index is 13.3. The Morgan fingerprint density at radius 1 is 1.14 bits per heavy atom. The minimum absolute atomic E-state index is 0.246. The highest BCUT2D eigenvalue weighted by Crippen LogP contribution is 2.43. The largest absolute Gasteiger partial charge is 0.493 e. The Balaban J connectivity index is 1.82. The summed E-state index contributed by atoms with van der Waals surface area (Å²) in [7, 11) is 3.11. The van der Waals surface area contributed by atoms with Crippen LogP contribution in [0.25, 0.3) is 0 Å². The number of carbonyl (C=O) groups excluding carboxylic acids is 1. The van der Waals surface area contributed by atoms with E-state index in [1.807, 2.05) is 42.5 Å². The van der Waals surface area contributed by atoms with E-state index in [9.17, 15) is 4.79 Å². The molecular weight excluding hydrogens is 372 g/mol. The number of rotatable bonds is 5. The zero-order valence-corrected chi connectivity index (χ0v) is 16.0. The predicted molar refractivity (Wildman–Crippen MR) is 107 cm³/mol. The van der Waals surface area contributed by atoms with Crippen molar-refractivity contribution in [3.63, 3.8) is 0 Å². The summed E-state index contributed by atoms with van der Waals surface area (Å²) < 4.78 is 12.6. The highest BCUT2D eigenvalue weighted by atomic mass is 16.5. The molecule has 0 fully saturated rings.